The van der Waals surface area contributed by atoms with Gasteiger partial charge in [-0.15, -0.1) is 66.0 Å². The minimum atomic E-state index is 0. The predicted octanol–water partition coefficient (Wildman–Crippen LogP) is 45.9. The Balaban J connectivity index is -0.000000186. The molecule has 0 bridgehead atoms. The number of aromatic nitrogens is 5. The molecule has 0 saturated heterocycles. The van der Waals surface area contributed by atoms with Gasteiger partial charge < -0.3 is 22.8 Å². The number of benzene rings is 15. The van der Waals surface area contributed by atoms with Gasteiger partial charge in [-0.3, -0.25) is 0 Å². The Kier molecular flexibility index (Phi) is 115. The molecule has 10 heteroatoms. The molecule has 5 aromatic heterocycles. The van der Waals surface area contributed by atoms with Crippen LogP contribution in [0.1, 0.15) is 312 Å². The van der Waals surface area contributed by atoms with Crippen molar-refractivity contribution in [1.29, 1.82) is 0 Å². The van der Waals surface area contributed by atoms with E-state index in [0.717, 1.165) is 88.4 Å². The van der Waals surface area contributed by atoms with E-state index in [1.807, 2.05) is 368 Å². The molecule has 0 N–H and O–H groups in total. The second-order valence-electron chi connectivity index (χ2n) is 25.9. The molecule has 0 atom stereocenters. The van der Waals surface area contributed by atoms with Crippen LogP contribution in [0.4, 0.5) is 0 Å². The maximum Gasteiger partial charge on any atom is 0.0391 e. The van der Waals surface area contributed by atoms with Crippen molar-refractivity contribution in [3.8, 4) is 55.6 Å². The molecule has 0 aliphatic rings. The van der Waals surface area contributed by atoms with Gasteiger partial charge in [0.2, 0.25) is 0 Å². The van der Waals surface area contributed by atoms with Gasteiger partial charge in [0.1, 0.15) is 0 Å². The largest absolute Gasteiger partial charge is 0.390 e. The maximum atomic E-state index is 3.59. The molecular weight excluding hydrogens is 2200 g/mol. The Morgan fingerprint density at radius 3 is 0.820 bits per heavy atom. The molecule has 0 unspecified atom stereocenters. The standard InChI is InChI=1S/5C20H15N.20C2H6.5Y/c1-2-21-19-14-7-6-11-17(19)18-13-8-12-16(20(18)21)15-9-4-3-5-10-15;2*1-2-21-19-11-7-6-10-17(19)18-14-16(12-13-20(18)21)15-8-4-3-5-9-15;2*1-2-21-19-11-7-6-10-17(19)18-13-12-16(14-20(18)21)15-8-4-3-5-9-15;20*1-2;;;;;/h3-9,11,13-14H,2H2,1H3;3-8,10-11,13-14H,2H2,1H3;3-8,10-13H,2H2,1H3;3-8,10-11,13-14H,2H2,1H3;3-8,10-13H,2H2,1H3;20*1-2H3;;;;;/q5*-2;;;;;;;;;;;;;;;;;;;;;;;;;. The molecule has 15 aromatic carbocycles. The fourth-order valence-electron chi connectivity index (χ4n) is 15.3. The fraction of sp³-hybridized carbons (Fsp3) is 0.357. The molecule has 0 spiro atoms. The van der Waals surface area contributed by atoms with Crippen LogP contribution >= 0.6 is 0 Å². The molecule has 20 aromatic rings. The number of rotatable bonds is 10. The van der Waals surface area contributed by atoms with E-state index in [0.29, 0.717) is 0 Å². The van der Waals surface area contributed by atoms with E-state index in [-0.39, 0.29) is 164 Å². The summed E-state index contributed by atoms with van der Waals surface area (Å²) < 4.78 is 11.8. The zero-order valence-electron chi connectivity index (χ0n) is 103. The minimum absolute atomic E-state index is 0. The molecule has 0 aliphatic heterocycles. The van der Waals surface area contributed by atoms with E-state index in [1.54, 1.807) is 0 Å². The number of hydrogen-bond acceptors (Lipinski definition) is 0. The van der Waals surface area contributed by atoms with Crippen molar-refractivity contribution < 1.29 is 164 Å². The molecule has 0 saturated carbocycles. The van der Waals surface area contributed by atoms with Gasteiger partial charge in [-0.25, -0.2) is 50.1 Å². The molecule has 0 amide bonds. The molecular formula is C140H195N5Y5-10. The quantitative estimate of drug-likeness (QED) is 0.122. The van der Waals surface area contributed by atoms with Crippen molar-refractivity contribution in [2.45, 2.75) is 344 Å². The summed E-state index contributed by atoms with van der Waals surface area (Å²) in [6.45, 7) is 95.7. The molecule has 150 heavy (non-hydrogen) atoms. The summed E-state index contributed by atoms with van der Waals surface area (Å²) in [5.41, 5.74) is 23.6. The van der Waals surface area contributed by atoms with Crippen LogP contribution in [-0.4, -0.2) is 22.8 Å². The van der Waals surface area contributed by atoms with E-state index in [4.69, 9.17) is 0 Å². The summed E-state index contributed by atoms with van der Waals surface area (Å²) in [5, 5.41) is 12.8. The van der Waals surface area contributed by atoms with E-state index in [2.05, 4.69) is 330 Å². The van der Waals surface area contributed by atoms with Gasteiger partial charge in [-0.1, -0.05) is 400 Å². The Morgan fingerprint density at radius 1 is 0.167 bits per heavy atom. The van der Waals surface area contributed by atoms with E-state index >= 15 is 0 Å². The Morgan fingerprint density at radius 2 is 0.447 bits per heavy atom. The topological polar surface area (TPSA) is 24.6 Å². The maximum absolute atomic E-state index is 3.59. The first-order valence-corrected chi connectivity index (χ1v) is 56.4. The molecule has 5 radical (unpaired) electrons. The van der Waals surface area contributed by atoms with Crippen molar-refractivity contribution in [3.05, 3.63) is 364 Å². The van der Waals surface area contributed by atoms with Crippen LogP contribution in [0.5, 0.6) is 0 Å². The Labute approximate surface area is 1050 Å². The summed E-state index contributed by atoms with van der Waals surface area (Å²) in [5.74, 6) is 0. The van der Waals surface area contributed by atoms with E-state index in [1.165, 1.54) is 109 Å². The van der Waals surface area contributed by atoms with Crippen LogP contribution in [0.15, 0.2) is 303 Å². The van der Waals surface area contributed by atoms with Crippen molar-refractivity contribution in [3.63, 3.8) is 0 Å². The molecule has 20 rings (SSSR count). The Hall–Kier alpha value is -7.18. The summed E-state index contributed by atoms with van der Waals surface area (Å²) >= 11 is 0. The van der Waals surface area contributed by atoms with Crippen LogP contribution in [0.25, 0.3) is 165 Å². The summed E-state index contributed by atoms with van der Waals surface area (Å²) in [7, 11) is 0. The van der Waals surface area contributed by atoms with Crippen LogP contribution < -0.4 is 0 Å². The fourth-order valence-corrected chi connectivity index (χ4v) is 15.3. The van der Waals surface area contributed by atoms with Crippen molar-refractivity contribution in [2.75, 3.05) is 0 Å². The van der Waals surface area contributed by atoms with Crippen LogP contribution in [0, 0.1) is 60.7 Å². The molecule has 5 nitrogen and oxygen atoms in total. The monoisotopic (exact) mass is 2390 g/mol. The molecule has 805 valence electrons. The second-order valence-corrected chi connectivity index (χ2v) is 25.9. The van der Waals surface area contributed by atoms with Gasteiger partial charge in [0, 0.05) is 224 Å². The summed E-state index contributed by atoms with van der Waals surface area (Å²) in [6, 6.07) is 139. The third-order valence-electron chi connectivity index (χ3n) is 20.0. The average Bonchev–Trinajstić information content (AvgIpc) is 1.56. The number of para-hydroxylation sites is 5. The van der Waals surface area contributed by atoms with Crippen LogP contribution in [-0.2, 0) is 196 Å². The van der Waals surface area contributed by atoms with E-state index < -0.39 is 0 Å². The first-order valence-electron chi connectivity index (χ1n) is 56.4. The van der Waals surface area contributed by atoms with Gasteiger partial charge >= 0.3 is 0 Å². The summed E-state index contributed by atoms with van der Waals surface area (Å²) in [4.78, 5) is 0. The third kappa shape index (κ3) is 46.3. The average molecular weight is 2390 g/mol. The second kappa shape index (κ2) is 106. The first kappa shape index (κ1) is 163. The third-order valence-corrected chi connectivity index (χ3v) is 20.0. The van der Waals surface area contributed by atoms with E-state index in [9.17, 15) is 0 Å². The molecule has 0 aliphatic carbocycles. The normalized spacial score (nSPS) is 8.70. The zero-order valence-corrected chi connectivity index (χ0v) is 117. The number of fused-ring (bicyclic) bond motifs is 15. The smallest absolute Gasteiger partial charge is 0.0391 e. The van der Waals surface area contributed by atoms with Crippen molar-refractivity contribution in [1.82, 2.24) is 22.8 Å². The molecule has 0 fully saturated rings. The predicted molar refractivity (Wildman–Crippen MR) is 668 cm³/mol. The van der Waals surface area contributed by atoms with Crippen LogP contribution in [0.2, 0.25) is 0 Å². The van der Waals surface area contributed by atoms with Gasteiger partial charge in [-0.2, -0.15) is 188 Å². The Bertz CT molecular complexity index is 6100. The minimum Gasteiger partial charge on any atom is -0.390 e. The molecule has 5 heterocycles. The number of aryl methyl sites for hydroxylation is 5. The SMILES string of the molecule is CC.CC.CC.CC.CC.CC.CC.CC.CC.CC.CC.CC.CC.CC.CC.CC.CC.CC.CC.CC.CCn1c2[c-]c(-c3[c-]cccc3)ccc2c2ccccc21.CCn1c2c[c-]c(-c3[c-]cccc3)cc2c2ccccc21.CCn1c2ccc(-c3[c-]cccc3)[c-]c2c2ccccc21.CCn1c2ccccc2c2c[c-]c(-c3[c-]cccc3)cc21.CCn1c2ccccc2c2cc[c-]c(-c3[c-]cccc3)c21.[Y].[Y].[Y].[Y].[Y]. The number of nitrogens with zero attached hydrogens (tertiary/aromatic N) is 5. The van der Waals surface area contributed by atoms with Crippen molar-refractivity contribution in [2.24, 2.45) is 0 Å². The van der Waals surface area contributed by atoms with Gasteiger partial charge in [0.15, 0.2) is 0 Å². The number of hydrogen-bond donors (Lipinski definition) is 0. The zero-order chi connectivity index (χ0) is 111. The van der Waals surface area contributed by atoms with Gasteiger partial charge in [-0.05, 0) is 109 Å². The van der Waals surface area contributed by atoms with Crippen LogP contribution in [0.3, 0.4) is 0 Å². The summed E-state index contributed by atoms with van der Waals surface area (Å²) in [6.07, 6.45) is 0. The van der Waals surface area contributed by atoms with Crippen molar-refractivity contribution >= 4 is 109 Å². The first-order chi connectivity index (χ1) is 71.9. The van der Waals surface area contributed by atoms with Gasteiger partial charge in [0.25, 0.3) is 0 Å². The van der Waals surface area contributed by atoms with Gasteiger partial charge in [0.05, 0.1) is 0 Å².